The highest BCUT2D eigenvalue weighted by Crippen LogP contribution is 2.37. The van der Waals surface area contributed by atoms with Crippen molar-refractivity contribution in [1.29, 1.82) is 0 Å². The van der Waals surface area contributed by atoms with Crippen LogP contribution in [0.4, 0.5) is 13.2 Å². The van der Waals surface area contributed by atoms with E-state index in [0.29, 0.717) is 5.39 Å². The molecule has 0 bridgehead atoms. The molecule has 0 radical (unpaired) electrons. The Morgan fingerprint density at radius 2 is 1.35 bits per heavy atom. The van der Waals surface area contributed by atoms with Crippen molar-refractivity contribution in [3.63, 3.8) is 0 Å². The van der Waals surface area contributed by atoms with Crippen molar-refractivity contribution in [2.24, 2.45) is 5.73 Å². The fourth-order valence-electron chi connectivity index (χ4n) is 2.52. The number of halogens is 3. The number of fused-ring (bicyclic) bond motifs is 3. The van der Waals surface area contributed by atoms with Crippen molar-refractivity contribution in [3.05, 3.63) is 60.2 Å². The summed E-state index contributed by atoms with van der Waals surface area (Å²) in [5, 5.41) is 3.04. The molecule has 20 heavy (non-hydrogen) atoms. The minimum absolute atomic E-state index is 0.117. The first-order valence-electron chi connectivity index (χ1n) is 6.21. The van der Waals surface area contributed by atoms with Crippen molar-refractivity contribution >= 4 is 21.5 Å². The molecule has 2 N–H and O–H groups in total. The lowest BCUT2D eigenvalue weighted by molar-refractivity contribution is -0.148. The Balaban J connectivity index is 2.41. The zero-order valence-electron chi connectivity index (χ0n) is 10.5. The number of hydrogen-bond donors (Lipinski definition) is 1. The SMILES string of the molecule is N[C@@H](c1cc2ccccc2c2ccccc12)C(F)(F)F. The number of nitrogens with two attached hydrogens (primary N) is 1. The highest BCUT2D eigenvalue weighted by atomic mass is 19.4. The Labute approximate surface area is 113 Å². The number of benzene rings is 3. The second-order valence-corrected chi connectivity index (χ2v) is 4.75. The van der Waals surface area contributed by atoms with Gasteiger partial charge in [0.25, 0.3) is 0 Å². The molecule has 0 aliphatic rings. The largest absolute Gasteiger partial charge is 0.407 e. The lowest BCUT2D eigenvalue weighted by atomic mass is 9.93. The van der Waals surface area contributed by atoms with Crippen LogP contribution < -0.4 is 5.73 Å². The fraction of sp³-hybridized carbons (Fsp3) is 0.125. The van der Waals surface area contributed by atoms with Crippen molar-refractivity contribution in [2.45, 2.75) is 12.2 Å². The molecular weight excluding hydrogens is 263 g/mol. The van der Waals surface area contributed by atoms with Crippen LogP contribution in [0.3, 0.4) is 0 Å². The van der Waals surface area contributed by atoms with Crippen LogP contribution in [-0.4, -0.2) is 6.18 Å². The molecule has 0 amide bonds. The Morgan fingerprint density at radius 1 is 0.800 bits per heavy atom. The van der Waals surface area contributed by atoms with Crippen LogP contribution in [0.15, 0.2) is 54.6 Å². The topological polar surface area (TPSA) is 26.0 Å². The minimum Gasteiger partial charge on any atom is -0.316 e. The summed E-state index contributed by atoms with van der Waals surface area (Å²) in [5.41, 5.74) is 5.52. The third kappa shape index (κ3) is 2.02. The van der Waals surface area contributed by atoms with E-state index in [-0.39, 0.29) is 5.56 Å². The van der Waals surface area contributed by atoms with E-state index in [0.717, 1.165) is 16.2 Å². The molecule has 0 aromatic heterocycles. The van der Waals surface area contributed by atoms with E-state index in [9.17, 15) is 13.2 Å². The zero-order valence-corrected chi connectivity index (χ0v) is 10.5. The molecule has 3 aromatic rings. The quantitative estimate of drug-likeness (QED) is 0.647. The normalized spacial score (nSPS) is 13.8. The number of hydrogen-bond acceptors (Lipinski definition) is 1. The molecule has 0 unspecified atom stereocenters. The van der Waals surface area contributed by atoms with Crippen LogP contribution in [0.2, 0.25) is 0 Å². The first kappa shape index (κ1) is 12.9. The van der Waals surface area contributed by atoms with Gasteiger partial charge in [-0.15, -0.1) is 0 Å². The zero-order chi connectivity index (χ0) is 14.3. The van der Waals surface area contributed by atoms with E-state index in [4.69, 9.17) is 5.73 Å². The Morgan fingerprint density at radius 3 is 2.00 bits per heavy atom. The first-order valence-corrected chi connectivity index (χ1v) is 6.21. The maximum Gasteiger partial charge on any atom is 0.407 e. The molecule has 4 heteroatoms. The molecular formula is C16H12F3N. The van der Waals surface area contributed by atoms with Crippen molar-refractivity contribution in [2.75, 3.05) is 0 Å². The standard InChI is InChI=1S/C16H12F3N/c17-16(18,19)15(20)14-9-10-5-1-2-6-11(10)12-7-3-4-8-13(12)14/h1-9,15H,20H2/t15-/m0/s1. The summed E-state index contributed by atoms with van der Waals surface area (Å²) in [6.07, 6.45) is -4.45. The maximum atomic E-state index is 12.9. The van der Waals surface area contributed by atoms with E-state index < -0.39 is 12.2 Å². The lowest BCUT2D eigenvalue weighted by Gasteiger charge is -2.19. The smallest absolute Gasteiger partial charge is 0.316 e. The van der Waals surface area contributed by atoms with E-state index in [1.807, 2.05) is 24.3 Å². The Kier molecular flexibility index (Phi) is 2.91. The van der Waals surface area contributed by atoms with E-state index in [2.05, 4.69) is 0 Å². The highest BCUT2D eigenvalue weighted by molar-refractivity contribution is 6.09. The molecule has 3 rings (SSSR count). The predicted molar refractivity (Wildman–Crippen MR) is 74.4 cm³/mol. The van der Waals surface area contributed by atoms with Gasteiger partial charge in [0.1, 0.15) is 6.04 Å². The highest BCUT2D eigenvalue weighted by Gasteiger charge is 2.38. The summed E-state index contributed by atoms with van der Waals surface area (Å²) in [4.78, 5) is 0. The average molecular weight is 275 g/mol. The van der Waals surface area contributed by atoms with Gasteiger partial charge in [-0.05, 0) is 33.2 Å². The molecule has 0 heterocycles. The molecule has 0 saturated heterocycles. The number of alkyl halides is 3. The van der Waals surface area contributed by atoms with Crippen LogP contribution >= 0.6 is 0 Å². The van der Waals surface area contributed by atoms with Gasteiger partial charge < -0.3 is 5.73 Å². The van der Waals surface area contributed by atoms with Gasteiger partial charge in [0.2, 0.25) is 0 Å². The summed E-state index contributed by atoms with van der Waals surface area (Å²) in [6.45, 7) is 0. The van der Waals surface area contributed by atoms with Crippen LogP contribution in [0.25, 0.3) is 21.5 Å². The van der Waals surface area contributed by atoms with Gasteiger partial charge in [-0.25, -0.2) is 0 Å². The monoisotopic (exact) mass is 275 g/mol. The van der Waals surface area contributed by atoms with Gasteiger partial charge in [0.05, 0.1) is 0 Å². The van der Waals surface area contributed by atoms with Gasteiger partial charge >= 0.3 is 6.18 Å². The second-order valence-electron chi connectivity index (χ2n) is 4.75. The lowest BCUT2D eigenvalue weighted by Crippen LogP contribution is -2.28. The van der Waals surface area contributed by atoms with Crippen molar-refractivity contribution < 1.29 is 13.2 Å². The average Bonchev–Trinajstić information content (AvgIpc) is 2.44. The fourth-order valence-corrected chi connectivity index (χ4v) is 2.52. The second kappa shape index (κ2) is 4.49. The molecule has 0 spiro atoms. The van der Waals surface area contributed by atoms with Crippen LogP contribution in [0, 0.1) is 0 Å². The third-order valence-electron chi connectivity index (χ3n) is 3.49. The summed E-state index contributed by atoms with van der Waals surface area (Å²) < 4.78 is 38.8. The van der Waals surface area contributed by atoms with Gasteiger partial charge in [0, 0.05) is 0 Å². The summed E-state index contributed by atoms with van der Waals surface area (Å²) in [5.74, 6) is 0. The number of rotatable bonds is 1. The van der Waals surface area contributed by atoms with Crippen molar-refractivity contribution in [3.8, 4) is 0 Å². The van der Waals surface area contributed by atoms with Crippen molar-refractivity contribution in [1.82, 2.24) is 0 Å². The Hall–Kier alpha value is -2.07. The maximum absolute atomic E-state index is 12.9. The van der Waals surface area contributed by atoms with Gasteiger partial charge in [-0.1, -0.05) is 48.5 Å². The summed E-state index contributed by atoms with van der Waals surface area (Å²) in [6, 6.07) is 14.0. The molecule has 0 fully saturated rings. The first-order chi connectivity index (χ1) is 9.48. The third-order valence-corrected chi connectivity index (χ3v) is 3.49. The Bertz CT molecular complexity index is 777. The van der Waals surface area contributed by atoms with Gasteiger partial charge in [0.15, 0.2) is 0 Å². The molecule has 102 valence electrons. The van der Waals surface area contributed by atoms with Gasteiger partial charge in [-0.3, -0.25) is 0 Å². The van der Waals surface area contributed by atoms with Crippen LogP contribution in [-0.2, 0) is 0 Å². The molecule has 0 saturated carbocycles. The van der Waals surface area contributed by atoms with Crippen LogP contribution in [0.1, 0.15) is 11.6 Å². The van der Waals surface area contributed by atoms with E-state index in [1.165, 1.54) is 6.07 Å². The molecule has 3 aromatic carbocycles. The molecule has 0 aliphatic heterocycles. The summed E-state index contributed by atoms with van der Waals surface area (Å²) in [7, 11) is 0. The van der Waals surface area contributed by atoms with Crippen LogP contribution in [0.5, 0.6) is 0 Å². The molecule has 1 nitrogen and oxygen atoms in total. The minimum atomic E-state index is -4.45. The molecule has 0 aliphatic carbocycles. The molecule has 1 atom stereocenters. The van der Waals surface area contributed by atoms with E-state index in [1.54, 1.807) is 24.3 Å². The predicted octanol–water partition coefficient (Wildman–Crippen LogP) is 4.56. The van der Waals surface area contributed by atoms with Gasteiger partial charge in [-0.2, -0.15) is 13.2 Å². The van der Waals surface area contributed by atoms with E-state index >= 15 is 0 Å². The summed E-state index contributed by atoms with van der Waals surface area (Å²) >= 11 is 0.